The number of aromatic nitrogens is 5. The number of amides is 1. The number of nitrogens with zero attached hydrogens (tertiary/aromatic N) is 7. The van der Waals surface area contributed by atoms with Gasteiger partial charge in [0.2, 0.25) is 0 Å². The Morgan fingerprint density at radius 3 is 2.56 bits per heavy atom. The van der Waals surface area contributed by atoms with Gasteiger partial charge in [0.25, 0.3) is 5.91 Å². The number of carbonyl (C=O) groups excluding carboxylic acids is 1. The minimum absolute atomic E-state index is 0.0104. The van der Waals surface area contributed by atoms with Gasteiger partial charge in [0.05, 0.1) is 5.69 Å². The van der Waals surface area contributed by atoms with E-state index in [2.05, 4.69) is 20.5 Å². The first-order chi connectivity index (χ1) is 13.0. The molecule has 0 atom stereocenters. The van der Waals surface area contributed by atoms with Gasteiger partial charge in [0, 0.05) is 33.1 Å². The zero-order valence-corrected chi connectivity index (χ0v) is 16.0. The largest absolute Gasteiger partial charge is 0.361 e. The van der Waals surface area contributed by atoms with E-state index in [0.717, 1.165) is 30.1 Å². The van der Waals surface area contributed by atoms with E-state index in [9.17, 15) is 4.79 Å². The van der Waals surface area contributed by atoms with Crippen LogP contribution in [0, 0.1) is 13.8 Å². The van der Waals surface area contributed by atoms with Gasteiger partial charge < -0.3 is 14.3 Å². The maximum atomic E-state index is 12.8. The average Bonchev–Trinajstić information content (AvgIpc) is 3.24. The van der Waals surface area contributed by atoms with Crippen LogP contribution in [0.1, 0.15) is 46.4 Å². The Kier molecular flexibility index (Phi) is 4.29. The fraction of sp³-hybridized carbons (Fsp3) is 0.500. The number of aryl methyl sites for hydroxylation is 2. The molecule has 0 aromatic carbocycles. The second-order valence-electron chi connectivity index (χ2n) is 7.18. The summed E-state index contributed by atoms with van der Waals surface area (Å²) >= 11 is 0. The fourth-order valence-electron chi connectivity index (χ4n) is 3.58. The number of hydrogen-bond donors (Lipinski definition) is 0. The molecule has 0 N–H and O–H groups in total. The van der Waals surface area contributed by atoms with Crippen molar-refractivity contribution in [3.05, 3.63) is 35.0 Å². The van der Waals surface area contributed by atoms with Crippen molar-refractivity contribution in [3.8, 4) is 0 Å². The molecule has 4 rings (SSSR count). The summed E-state index contributed by atoms with van der Waals surface area (Å²) in [6.45, 7) is 4.90. The highest BCUT2D eigenvalue weighted by Gasteiger charge is 2.30. The predicted octanol–water partition coefficient (Wildman–Crippen LogP) is 1.81. The van der Waals surface area contributed by atoms with Crippen LogP contribution in [0.3, 0.4) is 0 Å². The van der Waals surface area contributed by atoms with Crippen LogP contribution in [0.5, 0.6) is 0 Å². The van der Waals surface area contributed by atoms with E-state index >= 15 is 0 Å². The molecule has 3 aromatic heterocycles. The smallest absolute Gasteiger partial charge is 0.259 e. The molecule has 1 saturated heterocycles. The van der Waals surface area contributed by atoms with Crippen LogP contribution in [0.4, 0.5) is 5.82 Å². The second kappa shape index (κ2) is 6.64. The van der Waals surface area contributed by atoms with E-state index < -0.39 is 0 Å². The van der Waals surface area contributed by atoms with Crippen LogP contribution >= 0.6 is 0 Å². The normalized spacial score (nSPS) is 15.5. The molecular weight excluding hydrogens is 346 g/mol. The standard InChI is InChI=1S/C18H23N7O2/c1-11-16(12(2)27-22-11)18(26)24-9-7-13(8-10-24)17-20-19-14-5-6-15(23(3)4)21-25(14)17/h5-6,13H,7-10H2,1-4H3. The minimum Gasteiger partial charge on any atom is -0.361 e. The van der Waals surface area contributed by atoms with E-state index in [4.69, 9.17) is 4.52 Å². The number of rotatable bonds is 3. The Balaban J connectivity index is 1.52. The molecule has 3 aromatic rings. The number of fused-ring (bicyclic) bond motifs is 1. The maximum Gasteiger partial charge on any atom is 0.259 e. The van der Waals surface area contributed by atoms with Crippen molar-refractivity contribution in [2.24, 2.45) is 0 Å². The van der Waals surface area contributed by atoms with Gasteiger partial charge in [-0.25, -0.2) is 0 Å². The molecule has 0 aliphatic carbocycles. The maximum absolute atomic E-state index is 12.8. The molecule has 0 unspecified atom stereocenters. The third kappa shape index (κ3) is 3.02. The molecule has 0 saturated carbocycles. The summed E-state index contributed by atoms with van der Waals surface area (Å²) in [4.78, 5) is 16.6. The van der Waals surface area contributed by atoms with Crippen molar-refractivity contribution in [2.45, 2.75) is 32.6 Å². The summed E-state index contributed by atoms with van der Waals surface area (Å²) in [6.07, 6.45) is 1.65. The first kappa shape index (κ1) is 17.4. The summed E-state index contributed by atoms with van der Waals surface area (Å²) in [6, 6.07) is 3.85. The number of piperidine rings is 1. The molecule has 1 fully saturated rings. The van der Waals surface area contributed by atoms with E-state index in [0.29, 0.717) is 30.1 Å². The van der Waals surface area contributed by atoms with Crippen LogP contribution < -0.4 is 4.90 Å². The molecule has 27 heavy (non-hydrogen) atoms. The molecule has 1 aliphatic rings. The topological polar surface area (TPSA) is 92.7 Å². The van der Waals surface area contributed by atoms with Gasteiger partial charge in [0.1, 0.15) is 17.1 Å². The number of hydrogen-bond acceptors (Lipinski definition) is 7. The van der Waals surface area contributed by atoms with Gasteiger partial charge in [-0.05, 0) is 38.8 Å². The summed E-state index contributed by atoms with van der Waals surface area (Å²) < 4.78 is 6.96. The molecule has 9 heteroatoms. The van der Waals surface area contributed by atoms with Gasteiger partial charge in [-0.15, -0.1) is 15.3 Å². The number of likely N-dealkylation sites (tertiary alicyclic amines) is 1. The lowest BCUT2D eigenvalue weighted by Gasteiger charge is -2.31. The van der Waals surface area contributed by atoms with Crippen LogP contribution in [-0.2, 0) is 0 Å². The van der Waals surface area contributed by atoms with E-state index in [1.54, 1.807) is 13.8 Å². The second-order valence-corrected chi connectivity index (χ2v) is 7.18. The number of carbonyl (C=O) groups is 1. The Morgan fingerprint density at radius 2 is 1.93 bits per heavy atom. The van der Waals surface area contributed by atoms with E-state index in [1.807, 2.05) is 40.5 Å². The summed E-state index contributed by atoms with van der Waals surface area (Å²) in [7, 11) is 3.91. The van der Waals surface area contributed by atoms with Crippen LogP contribution in [0.15, 0.2) is 16.7 Å². The van der Waals surface area contributed by atoms with Crippen LogP contribution in [0.2, 0.25) is 0 Å². The lowest BCUT2D eigenvalue weighted by Crippen LogP contribution is -2.38. The van der Waals surface area contributed by atoms with Gasteiger partial charge in [0.15, 0.2) is 11.5 Å². The lowest BCUT2D eigenvalue weighted by molar-refractivity contribution is 0.0708. The van der Waals surface area contributed by atoms with Gasteiger partial charge in [-0.1, -0.05) is 5.16 Å². The zero-order chi connectivity index (χ0) is 19.1. The highest BCUT2D eigenvalue weighted by Crippen LogP contribution is 2.28. The molecular formula is C18H23N7O2. The third-order valence-electron chi connectivity index (χ3n) is 5.13. The Hall–Kier alpha value is -2.97. The highest BCUT2D eigenvalue weighted by atomic mass is 16.5. The van der Waals surface area contributed by atoms with E-state index in [-0.39, 0.29) is 11.8 Å². The van der Waals surface area contributed by atoms with Crippen molar-refractivity contribution in [1.29, 1.82) is 0 Å². The third-order valence-corrected chi connectivity index (χ3v) is 5.13. The minimum atomic E-state index is -0.0104. The first-order valence-electron chi connectivity index (χ1n) is 9.07. The monoisotopic (exact) mass is 369 g/mol. The Labute approximate surface area is 156 Å². The van der Waals surface area contributed by atoms with Crippen molar-refractivity contribution in [1.82, 2.24) is 29.9 Å². The summed E-state index contributed by atoms with van der Waals surface area (Å²) in [5.74, 6) is 2.50. The van der Waals surface area contributed by atoms with Gasteiger partial charge in [-0.2, -0.15) is 4.52 Å². The van der Waals surface area contributed by atoms with Crippen molar-refractivity contribution < 1.29 is 9.32 Å². The predicted molar refractivity (Wildman–Crippen MR) is 99.0 cm³/mol. The molecule has 4 heterocycles. The molecule has 142 valence electrons. The SMILES string of the molecule is Cc1noc(C)c1C(=O)N1CCC(c2nnc3ccc(N(C)C)nn23)CC1. The van der Waals surface area contributed by atoms with Crippen molar-refractivity contribution in [2.75, 3.05) is 32.1 Å². The average molecular weight is 369 g/mol. The number of anilines is 1. The zero-order valence-electron chi connectivity index (χ0n) is 16.0. The molecule has 0 radical (unpaired) electrons. The summed E-state index contributed by atoms with van der Waals surface area (Å²) in [5.41, 5.74) is 1.96. The Bertz CT molecular complexity index is 963. The van der Waals surface area contributed by atoms with Crippen LogP contribution in [0.25, 0.3) is 5.65 Å². The van der Waals surface area contributed by atoms with Crippen molar-refractivity contribution in [3.63, 3.8) is 0 Å². The van der Waals surface area contributed by atoms with Gasteiger partial charge >= 0.3 is 0 Å². The Morgan fingerprint density at radius 1 is 1.19 bits per heavy atom. The van der Waals surface area contributed by atoms with E-state index in [1.165, 1.54) is 0 Å². The molecule has 1 amide bonds. The van der Waals surface area contributed by atoms with Gasteiger partial charge in [-0.3, -0.25) is 4.79 Å². The van der Waals surface area contributed by atoms with Crippen molar-refractivity contribution >= 4 is 17.4 Å². The lowest BCUT2D eigenvalue weighted by atomic mass is 9.95. The fourth-order valence-corrected chi connectivity index (χ4v) is 3.58. The van der Waals surface area contributed by atoms with Crippen LogP contribution in [-0.4, -0.2) is 63.0 Å². The molecule has 0 spiro atoms. The highest BCUT2D eigenvalue weighted by molar-refractivity contribution is 5.96. The molecule has 9 nitrogen and oxygen atoms in total. The summed E-state index contributed by atoms with van der Waals surface area (Å²) in [5, 5.41) is 17.1. The molecule has 1 aliphatic heterocycles. The molecule has 0 bridgehead atoms. The first-order valence-corrected chi connectivity index (χ1v) is 9.07. The quantitative estimate of drug-likeness (QED) is 0.695.